The second-order valence-electron chi connectivity index (χ2n) is 3.61. The number of hydrogen-bond acceptors (Lipinski definition) is 6. The van der Waals surface area contributed by atoms with E-state index in [1.165, 1.54) is 13.3 Å². The summed E-state index contributed by atoms with van der Waals surface area (Å²) < 4.78 is 5.69. The molecule has 2 aromatic rings. The van der Waals surface area contributed by atoms with Crippen LogP contribution in [0.25, 0.3) is 0 Å². The fourth-order valence-electron chi connectivity index (χ4n) is 1.48. The third kappa shape index (κ3) is 2.26. The fraction of sp³-hybridized carbons (Fsp3) is 0.300. The van der Waals surface area contributed by atoms with Crippen LogP contribution in [0.4, 0.5) is 0 Å². The van der Waals surface area contributed by atoms with E-state index in [9.17, 15) is 14.4 Å². The van der Waals surface area contributed by atoms with E-state index >= 15 is 0 Å². The van der Waals surface area contributed by atoms with E-state index in [1.807, 2.05) is 0 Å². The van der Waals surface area contributed by atoms with Gasteiger partial charge in [-0.15, -0.1) is 0 Å². The second kappa shape index (κ2) is 4.78. The van der Waals surface area contributed by atoms with Crippen molar-refractivity contribution < 1.29 is 9.32 Å². The van der Waals surface area contributed by atoms with Crippen LogP contribution in [0.5, 0.6) is 0 Å². The average Bonchev–Trinajstić information content (AvgIpc) is 2.81. The molecular formula is C10H10N4O4. The number of aromatic amines is 1. The van der Waals surface area contributed by atoms with Crippen molar-refractivity contribution in [1.29, 1.82) is 0 Å². The van der Waals surface area contributed by atoms with Gasteiger partial charge in [-0.05, 0) is 6.92 Å². The van der Waals surface area contributed by atoms with Gasteiger partial charge in [0.1, 0.15) is 0 Å². The molecule has 0 radical (unpaired) electrons. The number of nitrogens with one attached hydrogen (secondary N) is 1. The predicted molar refractivity (Wildman–Crippen MR) is 59.3 cm³/mol. The second-order valence-corrected chi connectivity index (χ2v) is 3.61. The number of rotatable bonds is 4. The Bertz CT molecular complexity index is 668. The van der Waals surface area contributed by atoms with Crippen LogP contribution in [0.1, 0.15) is 23.2 Å². The van der Waals surface area contributed by atoms with Gasteiger partial charge in [0.2, 0.25) is 5.89 Å². The summed E-state index contributed by atoms with van der Waals surface area (Å²) in [7, 11) is 0. The summed E-state index contributed by atoms with van der Waals surface area (Å²) >= 11 is 0. The summed E-state index contributed by atoms with van der Waals surface area (Å²) in [5, 5.41) is 3.41. The summed E-state index contributed by atoms with van der Waals surface area (Å²) in [4.78, 5) is 40.7. The quantitative estimate of drug-likeness (QED) is 0.723. The van der Waals surface area contributed by atoms with Crippen LogP contribution in [0.2, 0.25) is 0 Å². The van der Waals surface area contributed by atoms with Crippen LogP contribution in [0.3, 0.4) is 0 Å². The summed E-state index contributed by atoms with van der Waals surface area (Å²) in [6.45, 7) is 1.33. The van der Waals surface area contributed by atoms with Crippen molar-refractivity contribution in [3.63, 3.8) is 0 Å². The highest BCUT2D eigenvalue weighted by atomic mass is 16.5. The normalized spacial score (nSPS) is 10.5. The van der Waals surface area contributed by atoms with Crippen molar-refractivity contribution in [3.8, 4) is 0 Å². The van der Waals surface area contributed by atoms with Gasteiger partial charge in [0.25, 0.3) is 5.56 Å². The van der Waals surface area contributed by atoms with Crippen LogP contribution in [-0.4, -0.2) is 25.5 Å². The minimum atomic E-state index is -0.620. The first-order valence-corrected chi connectivity index (χ1v) is 5.18. The zero-order valence-corrected chi connectivity index (χ0v) is 9.54. The molecule has 0 spiro atoms. The first-order valence-electron chi connectivity index (χ1n) is 5.18. The SMILES string of the molecule is CC(=O)c1c[nH]c(=O)n(CCc2ncno2)c1=O. The first-order chi connectivity index (χ1) is 8.59. The van der Waals surface area contributed by atoms with E-state index in [0.717, 1.165) is 10.8 Å². The Labute approximate surface area is 100 Å². The molecule has 8 heteroatoms. The molecule has 0 unspecified atom stereocenters. The molecule has 0 aliphatic carbocycles. The van der Waals surface area contributed by atoms with Crippen LogP contribution >= 0.6 is 0 Å². The molecule has 2 rings (SSSR count). The monoisotopic (exact) mass is 250 g/mol. The van der Waals surface area contributed by atoms with Gasteiger partial charge < -0.3 is 9.51 Å². The van der Waals surface area contributed by atoms with Crippen molar-refractivity contribution >= 4 is 5.78 Å². The first kappa shape index (κ1) is 12.0. The van der Waals surface area contributed by atoms with Crippen molar-refractivity contribution in [2.75, 3.05) is 0 Å². The molecule has 2 heterocycles. The third-order valence-corrected chi connectivity index (χ3v) is 2.40. The minimum Gasteiger partial charge on any atom is -0.340 e. The molecule has 8 nitrogen and oxygen atoms in total. The Morgan fingerprint density at radius 2 is 2.28 bits per heavy atom. The van der Waals surface area contributed by atoms with Gasteiger partial charge in [0.15, 0.2) is 12.1 Å². The predicted octanol–water partition coefficient (Wildman–Crippen LogP) is -0.635. The molecule has 0 fully saturated rings. The zero-order chi connectivity index (χ0) is 13.1. The number of aryl methyl sites for hydroxylation is 1. The highest BCUT2D eigenvalue weighted by Crippen LogP contribution is 1.94. The van der Waals surface area contributed by atoms with Gasteiger partial charge in [0, 0.05) is 19.2 Å². The van der Waals surface area contributed by atoms with E-state index < -0.39 is 17.0 Å². The molecule has 0 atom stereocenters. The lowest BCUT2D eigenvalue weighted by Gasteiger charge is -2.03. The molecule has 0 aromatic carbocycles. The van der Waals surface area contributed by atoms with Crippen LogP contribution in [0, 0.1) is 0 Å². The molecule has 18 heavy (non-hydrogen) atoms. The Hall–Kier alpha value is -2.51. The average molecular weight is 250 g/mol. The summed E-state index contributed by atoms with van der Waals surface area (Å²) in [6.07, 6.45) is 2.59. The number of aromatic nitrogens is 4. The van der Waals surface area contributed by atoms with E-state index in [-0.39, 0.29) is 18.5 Å². The summed E-state index contributed by atoms with van der Waals surface area (Å²) in [6, 6.07) is 0. The van der Waals surface area contributed by atoms with Gasteiger partial charge in [-0.25, -0.2) is 4.79 Å². The van der Waals surface area contributed by atoms with E-state index in [2.05, 4.69) is 15.1 Å². The van der Waals surface area contributed by atoms with Gasteiger partial charge in [-0.3, -0.25) is 14.2 Å². The fourth-order valence-corrected chi connectivity index (χ4v) is 1.48. The molecule has 1 N–H and O–H groups in total. The van der Waals surface area contributed by atoms with Gasteiger partial charge in [0.05, 0.1) is 5.56 Å². The lowest BCUT2D eigenvalue weighted by atomic mass is 10.2. The Balaban J connectivity index is 2.32. The maximum absolute atomic E-state index is 11.8. The molecule has 2 aromatic heterocycles. The Morgan fingerprint density at radius 3 is 2.89 bits per heavy atom. The van der Waals surface area contributed by atoms with Crippen LogP contribution < -0.4 is 11.2 Å². The number of hydrogen-bond donors (Lipinski definition) is 1. The Morgan fingerprint density at radius 1 is 1.50 bits per heavy atom. The van der Waals surface area contributed by atoms with Gasteiger partial charge >= 0.3 is 5.69 Å². The third-order valence-electron chi connectivity index (χ3n) is 2.40. The minimum absolute atomic E-state index is 0.0554. The molecule has 0 amide bonds. The number of ketones is 1. The van der Waals surface area contributed by atoms with Gasteiger partial charge in [-0.2, -0.15) is 4.98 Å². The van der Waals surface area contributed by atoms with Crippen LogP contribution in [-0.2, 0) is 13.0 Å². The van der Waals surface area contributed by atoms with E-state index in [0.29, 0.717) is 5.89 Å². The van der Waals surface area contributed by atoms with Crippen molar-refractivity contribution in [2.24, 2.45) is 0 Å². The Kier molecular flexibility index (Phi) is 3.18. The lowest BCUT2D eigenvalue weighted by Crippen LogP contribution is -2.38. The van der Waals surface area contributed by atoms with Crippen molar-refractivity contribution in [2.45, 2.75) is 19.9 Å². The number of nitrogens with zero attached hydrogens (tertiary/aromatic N) is 3. The molecule has 0 aliphatic heterocycles. The summed E-state index contributed by atoms with van der Waals surface area (Å²) in [5.41, 5.74) is -1.25. The van der Waals surface area contributed by atoms with E-state index in [1.54, 1.807) is 0 Å². The van der Waals surface area contributed by atoms with Crippen molar-refractivity contribution in [1.82, 2.24) is 19.7 Å². The molecule has 0 saturated heterocycles. The molecular weight excluding hydrogens is 240 g/mol. The number of carbonyl (C=O) groups is 1. The van der Waals surface area contributed by atoms with E-state index in [4.69, 9.17) is 4.52 Å². The molecule has 94 valence electrons. The maximum atomic E-state index is 11.8. The molecule has 0 bridgehead atoms. The highest BCUT2D eigenvalue weighted by molar-refractivity contribution is 5.93. The van der Waals surface area contributed by atoms with Crippen LogP contribution in [0.15, 0.2) is 26.6 Å². The number of Topliss-reactive ketones (excluding diaryl/α,β-unsaturated/α-hetero) is 1. The van der Waals surface area contributed by atoms with Gasteiger partial charge in [-0.1, -0.05) is 5.16 Å². The highest BCUT2D eigenvalue weighted by Gasteiger charge is 2.11. The number of H-pyrrole nitrogens is 1. The summed E-state index contributed by atoms with van der Waals surface area (Å²) in [5.74, 6) is -0.0858. The maximum Gasteiger partial charge on any atom is 0.328 e. The lowest BCUT2D eigenvalue weighted by molar-refractivity contribution is 0.101. The number of carbonyl (C=O) groups excluding carboxylic acids is 1. The largest absolute Gasteiger partial charge is 0.340 e. The molecule has 0 aliphatic rings. The topological polar surface area (TPSA) is 111 Å². The molecule has 0 saturated carbocycles. The smallest absolute Gasteiger partial charge is 0.328 e. The van der Waals surface area contributed by atoms with Crippen molar-refractivity contribution in [3.05, 3.63) is 44.8 Å². The standard InChI is InChI=1S/C10H10N4O4/c1-6(15)7-4-11-10(17)14(9(7)16)3-2-8-12-5-13-18-8/h4-5H,2-3H2,1H3,(H,11,17). The zero-order valence-electron chi connectivity index (χ0n) is 9.54.